The third-order valence-corrected chi connectivity index (χ3v) is 10.3. The Morgan fingerprint density at radius 1 is 1.14 bits per heavy atom. The minimum atomic E-state index is -3.23. The molecule has 2 aliphatic carbocycles. The van der Waals surface area contributed by atoms with E-state index in [9.17, 15) is 28.2 Å². The molecule has 3 fully saturated rings. The van der Waals surface area contributed by atoms with Gasteiger partial charge >= 0.3 is 5.97 Å². The third kappa shape index (κ3) is 5.08. The molecule has 11 nitrogen and oxygen atoms in total. The van der Waals surface area contributed by atoms with E-state index in [0.29, 0.717) is 55.7 Å². The van der Waals surface area contributed by atoms with Gasteiger partial charge in [0, 0.05) is 13.1 Å². The zero-order valence-corrected chi connectivity index (χ0v) is 21.7. The first-order valence-corrected chi connectivity index (χ1v) is 14.4. The van der Waals surface area contributed by atoms with Gasteiger partial charge in [0.2, 0.25) is 10.0 Å². The highest BCUT2D eigenvalue weighted by atomic mass is 32.2. The van der Waals surface area contributed by atoms with Gasteiger partial charge < -0.3 is 10.2 Å². The molecule has 0 radical (unpaired) electrons. The lowest BCUT2D eigenvalue weighted by Crippen LogP contribution is -2.47. The van der Waals surface area contributed by atoms with Crippen LogP contribution in [0.25, 0.3) is 0 Å². The Morgan fingerprint density at radius 3 is 2.54 bits per heavy atom. The molecule has 1 amide bonds. The molecule has 1 aromatic rings. The smallest absolute Gasteiger partial charge is 0.306 e. The Labute approximate surface area is 216 Å². The highest BCUT2D eigenvalue weighted by molar-refractivity contribution is 7.90. The molecular formula is C25H33N5O6S. The summed E-state index contributed by atoms with van der Waals surface area (Å²) in [5.74, 6) is -1.65. The Kier molecular flexibility index (Phi) is 6.97. The van der Waals surface area contributed by atoms with Crippen molar-refractivity contribution in [1.82, 2.24) is 9.31 Å². The zero-order chi connectivity index (χ0) is 26.3. The number of anilines is 1. The topological polar surface area (TPSA) is 152 Å². The van der Waals surface area contributed by atoms with E-state index in [2.05, 4.69) is 15.6 Å². The maximum atomic E-state index is 13.1. The number of hydrazone groups is 2. The van der Waals surface area contributed by atoms with Crippen molar-refractivity contribution in [1.29, 1.82) is 0 Å². The van der Waals surface area contributed by atoms with Gasteiger partial charge in [0.15, 0.2) is 5.71 Å². The molecular weight excluding hydrogens is 498 g/mol. The Morgan fingerprint density at radius 2 is 1.86 bits per heavy atom. The number of carbonyl (C=O) groups is 2. The van der Waals surface area contributed by atoms with E-state index >= 15 is 0 Å². The van der Waals surface area contributed by atoms with Crippen LogP contribution in [-0.4, -0.2) is 75.6 Å². The summed E-state index contributed by atoms with van der Waals surface area (Å²) in [6.07, 6.45) is 5.18. The van der Waals surface area contributed by atoms with Crippen molar-refractivity contribution < 1.29 is 28.2 Å². The lowest BCUT2D eigenvalue weighted by molar-refractivity contribution is -0.143. The zero-order valence-electron chi connectivity index (χ0n) is 20.8. The molecule has 3 N–H and O–H groups in total. The van der Waals surface area contributed by atoms with Crippen LogP contribution in [0.1, 0.15) is 69.8 Å². The number of carboxylic acids is 1. The van der Waals surface area contributed by atoms with E-state index in [1.165, 1.54) is 9.31 Å². The van der Waals surface area contributed by atoms with Crippen LogP contribution < -0.4 is 5.43 Å². The van der Waals surface area contributed by atoms with Gasteiger partial charge in [-0.3, -0.25) is 15.0 Å². The number of carbonyl (C=O) groups excluding carboxylic acids is 1. The highest BCUT2D eigenvalue weighted by Gasteiger charge is 2.43. The average molecular weight is 532 g/mol. The van der Waals surface area contributed by atoms with Crippen LogP contribution in [0.5, 0.6) is 5.75 Å². The molecule has 1 aromatic carbocycles. The molecule has 200 valence electrons. The van der Waals surface area contributed by atoms with Gasteiger partial charge in [-0.05, 0) is 69.4 Å². The fraction of sp³-hybridized carbons (Fsp3) is 0.600. The number of sulfonamides is 1. The predicted octanol–water partition coefficient (Wildman–Crippen LogP) is 2.69. The third-order valence-electron chi connectivity index (χ3n) is 7.90. The fourth-order valence-electron chi connectivity index (χ4n) is 5.61. The normalized spacial score (nSPS) is 26.9. The molecule has 4 aliphatic rings. The maximum Gasteiger partial charge on any atom is 0.306 e. The molecule has 37 heavy (non-hydrogen) atoms. The number of nitrogens with one attached hydrogen (secondary N) is 1. The summed E-state index contributed by atoms with van der Waals surface area (Å²) >= 11 is 0. The second-order valence-electron chi connectivity index (χ2n) is 10.4. The van der Waals surface area contributed by atoms with Crippen LogP contribution in [-0.2, 0) is 19.6 Å². The van der Waals surface area contributed by atoms with Gasteiger partial charge in [0.1, 0.15) is 5.75 Å². The van der Waals surface area contributed by atoms with Crippen LogP contribution in [0.3, 0.4) is 0 Å². The molecule has 1 saturated heterocycles. The van der Waals surface area contributed by atoms with Gasteiger partial charge in [-0.1, -0.05) is 18.6 Å². The minimum absolute atomic E-state index is 0.00373. The molecule has 0 spiro atoms. The number of para-hydroxylation sites is 1. The molecule has 2 aliphatic heterocycles. The summed E-state index contributed by atoms with van der Waals surface area (Å²) < 4.78 is 26.6. The summed E-state index contributed by atoms with van der Waals surface area (Å²) in [6, 6.07) is 5.02. The van der Waals surface area contributed by atoms with Crippen LogP contribution in [0.15, 0.2) is 28.4 Å². The molecule has 2 atom stereocenters. The number of aromatic hydroxyl groups is 1. The first kappa shape index (κ1) is 25.7. The van der Waals surface area contributed by atoms with Crippen molar-refractivity contribution in [3.8, 4) is 5.75 Å². The van der Waals surface area contributed by atoms with Crippen molar-refractivity contribution in [2.45, 2.75) is 75.5 Å². The number of hydrogen-bond donors (Lipinski definition) is 3. The lowest BCUT2D eigenvalue weighted by Gasteiger charge is -2.34. The van der Waals surface area contributed by atoms with Gasteiger partial charge in [0.25, 0.3) is 5.91 Å². The number of aliphatic carboxylic acids is 1. The number of phenols is 1. The number of piperidine rings is 1. The number of amides is 1. The predicted molar refractivity (Wildman–Crippen MR) is 138 cm³/mol. The monoisotopic (exact) mass is 531 g/mol. The first-order valence-electron chi connectivity index (χ1n) is 12.9. The van der Waals surface area contributed by atoms with E-state index in [1.54, 1.807) is 25.1 Å². The largest absolute Gasteiger partial charge is 0.505 e. The molecule has 0 aromatic heterocycles. The van der Waals surface area contributed by atoms with E-state index in [0.717, 1.165) is 25.7 Å². The summed E-state index contributed by atoms with van der Waals surface area (Å²) in [7, 11) is -3.23. The van der Waals surface area contributed by atoms with Gasteiger partial charge in [-0.25, -0.2) is 17.7 Å². The lowest BCUT2D eigenvalue weighted by atomic mass is 9.77. The molecule has 2 saturated carbocycles. The standard InChI is InChI=1S/C25H33N5O6S/c1-15-22(24(32)30(28-15)18-10-12-29(13-11-18)37(35,36)19-8-9-19)27-26-21-7-3-6-20(23(21)31)16-4-2-5-17(14-16)25(33)34/h3,6-7,16-19,26,31H,2,4-5,8-14H2,1H3,(H,33,34). The van der Waals surface area contributed by atoms with Crippen LogP contribution in [0.2, 0.25) is 0 Å². The molecule has 0 bridgehead atoms. The van der Waals surface area contributed by atoms with Crippen molar-refractivity contribution in [3.63, 3.8) is 0 Å². The van der Waals surface area contributed by atoms with Crippen molar-refractivity contribution in [2.75, 3.05) is 18.5 Å². The summed E-state index contributed by atoms with van der Waals surface area (Å²) in [4.78, 5) is 24.6. The van der Waals surface area contributed by atoms with Crippen LogP contribution >= 0.6 is 0 Å². The number of carboxylic acid groups (broad SMARTS) is 1. The summed E-state index contributed by atoms with van der Waals surface area (Å²) in [6.45, 7) is 2.43. The summed E-state index contributed by atoms with van der Waals surface area (Å²) in [5, 5.41) is 30.1. The minimum Gasteiger partial charge on any atom is -0.505 e. The molecule has 2 heterocycles. The second-order valence-corrected chi connectivity index (χ2v) is 12.6. The van der Waals surface area contributed by atoms with Gasteiger partial charge in [-0.2, -0.15) is 10.2 Å². The van der Waals surface area contributed by atoms with Gasteiger partial charge in [-0.15, -0.1) is 0 Å². The Balaban J connectivity index is 1.24. The first-order chi connectivity index (χ1) is 17.7. The number of benzene rings is 1. The van der Waals surface area contributed by atoms with E-state index in [1.807, 2.05) is 0 Å². The van der Waals surface area contributed by atoms with Crippen molar-refractivity contribution in [2.24, 2.45) is 16.1 Å². The van der Waals surface area contributed by atoms with Crippen LogP contribution in [0.4, 0.5) is 5.69 Å². The number of phenolic OH excluding ortho intramolecular Hbond substituents is 1. The Hall–Kier alpha value is -2.99. The van der Waals surface area contributed by atoms with E-state index in [4.69, 9.17) is 0 Å². The molecule has 2 unspecified atom stereocenters. The highest BCUT2D eigenvalue weighted by Crippen LogP contribution is 2.42. The van der Waals surface area contributed by atoms with E-state index in [-0.39, 0.29) is 34.6 Å². The fourth-order valence-corrected chi connectivity index (χ4v) is 7.48. The van der Waals surface area contributed by atoms with Crippen molar-refractivity contribution in [3.05, 3.63) is 23.8 Å². The molecule has 12 heteroatoms. The van der Waals surface area contributed by atoms with Crippen LogP contribution in [0, 0.1) is 5.92 Å². The second kappa shape index (κ2) is 10.1. The van der Waals surface area contributed by atoms with Crippen molar-refractivity contribution >= 4 is 39.0 Å². The SMILES string of the molecule is CC1=NN(C2CCN(S(=O)(=O)C3CC3)CC2)C(=O)C1=NNc1cccc(C2CCCC(C(=O)O)C2)c1O. The number of rotatable bonds is 7. The quantitative estimate of drug-likeness (QED) is 0.361. The summed E-state index contributed by atoms with van der Waals surface area (Å²) in [5.41, 5.74) is 4.40. The van der Waals surface area contributed by atoms with Gasteiger partial charge in [0.05, 0.1) is 28.6 Å². The number of nitrogens with zero attached hydrogens (tertiary/aromatic N) is 4. The molecule has 5 rings (SSSR count). The van der Waals surface area contributed by atoms with E-state index < -0.39 is 21.9 Å². The Bertz CT molecular complexity index is 1250. The maximum absolute atomic E-state index is 13.1. The number of hydrogen-bond acceptors (Lipinski definition) is 8. The average Bonchev–Trinajstić information content (AvgIpc) is 3.71.